The van der Waals surface area contributed by atoms with E-state index < -0.39 is 35.4 Å². The van der Waals surface area contributed by atoms with Crippen LogP contribution < -0.4 is 37.6 Å². The molecule has 9 N–H and O–H groups in total. The Hall–Kier alpha value is -5.46. The van der Waals surface area contributed by atoms with Gasteiger partial charge in [0.15, 0.2) is 5.82 Å². The van der Waals surface area contributed by atoms with Crippen LogP contribution >= 0.6 is 34.7 Å². The predicted octanol–water partition coefficient (Wildman–Crippen LogP) is 5.26. The van der Waals surface area contributed by atoms with E-state index in [0.29, 0.717) is 26.4 Å². The van der Waals surface area contributed by atoms with Gasteiger partial charge < -0.3 is 61.9 Å². The molecule has 4 aromatic rings. The number of aromatic nitrogens is 3. The third kappa shape index (κ3) is 17.5. The van der Waals surface area contributed by atoms with Crippen LogP contribution in [0.4, 0.5) is 17.3 Å². The third-order valence-electron chi connectivity index (χ3n) is 12.9. The van der Waals surface area contributed by atoms with Crippen LogP contribution in [-0.2, 0) is 38.2 Å². The van der Waals surface area contributed by atoms with Crippen LogP contribution in [-0.4, -0.2) is 144 Å². The maximum atomic E-state index is 14.0. The normalized spacial score (nSPS) is 17.3. The maximum Gasteiger partial charge on any atom is 0.246 e. The number of halogens is 1. The summed E-state index contributed by atoms with van der Waals surface area (Å²) in [5, 5.41) is 22.8. The highest BCUT2D eigenvalue weighted by atomic mass is 35.5. The van der Waals surface area contributed by atoms with E-state index >= 15 is 0 Å². The first-order chi connectivity index (χ1) is 35.7. The molecule has 20 nitrogen and oxygen atoms in total. The highest BCUT2D eigenvalue weighted by molar-refractivity contribution is 7.99. The number of hydrogen-bond donors (Lipinski definition) is 7. The topological polar surface area (TPSA) is 279 Å². The smallest absolute Gasteiger partial charge is 0.246 e. The Labute approximate surface area is 452 Å². The number of rotatable bonds is 25. The molecule has 0 bridgehead atoms. The average Bonchev–Trinajstić information content (AvgIpc) is 3.99. The number of benzene rings is 2. The fourth-order valence-electron chi connectivity index (χ4n) is 8.40. The van der Waals surface area contributed by atoms with Gasteiger partial charge in [0.25, 0.3) is 0 Å². The molecule has 408 valence electrons. The summed E-state index contributed by atoms with van der Waals surface area (Å²) in [6.07, 6.45) is 2.46. The average molecular weight is 1090 g/mol. The molecule has 0 radical (unpaired) electrons. The van der Waals surface area contributed by atoms with E-state index in [1.165, 1.54) is 16.7 Å². The monoisotopic (exact) mass is 1090 g/mol. The Kier molecular flexibility index (Phi) is 21.6. The van der Waals surface area contributed by atoms with Gasteiger partial charge in [-0.25, -0.2) is 15.0 Å². The molecule has 2 saturated heterocycles. The van der Waals surface area contributed by atoms with Gasteiger partial charge in [-0.2, -0.15) is 0 Å². The molecule has 4 atom stereocenters. The van der Waals surface area contributed by atoms with Crippen LogP contribution in [0.5, 0.6) is 0 Å². The van der Waals surface area contributed by atoms with E-state index in [0.717, 1.165) is 47.6 Å². The Balaban J connectivity index is 0.801. The van der Waals surface area contributed by atoms with Gasteiger partial charge in [0.1, 0.15) is 22.9 Å². The van der Waals surface area contributed by atoms with Crippen molar-refractivity contribution in [3.8, 4) is 10.4 Å². The molecule has 2 fully saturated rings. The summed E-state index contributed by atoms with van der Waals surface area (Å²) in [7, 11) is 0. The number of nitrogens with two attached hydrogens (primary N) is 2. The van der Waals surface area contributed by atoms with Gasteiger partial charge in [0, 0.05) is 62.3 Å². The van der Waals surface area contributed by atoms with E-state index in [1.54, 1.807) is 35.7 Å². The first-order valence-electron chi connectivity index (χ1n) is 25.2. The van der Waals surface area contributed by atoms with Crippen LogP contribution in [0.15, 0.2) is 64.1 Å². The van der Waals surface area contributed by atoms with Gasteiger partial charge in [-0.05, 0) is 62.3 Å². The summed E-state index contributed by atoms with van der Waals surface area (Å²) in [6.45, 7) is 14.5. The number of aliphatic hydroxyl groups excluding tert-OH is 1. The number of hydrogen-bond acceptors (Lipinski definition) is 17. The maximum absolute atomic E-state index is 14.0. The number of amides is 5. The molecule has 0 spiro atoms. The lowest BCUT2D eigenvalue weighted by Gasteiger charge is -2.37. The van der Waals surface area contributed by atoms with Gasteiger partial charge >= 0.3 is 0 Å². The number of β-amino-alcohol motifs (C(OH)–C–C–N with tert-alkyl or cyclic N) is 1. The highest BCUT2D eigenvalue weighted by Crippen LogP contribution is 2.39. The number of piperidine rings is 1. The van der Waals surface area contributed by atoms with Crippen molar-refractivity contribution < 1.29 is 43.3 Å². The standard InChI is InChI=1S/C52H72ClN11O9S2/c1-32(34-10-12-35(13-11-34)45-33(2)58-31-74-45)59-48(69)38-28-36(65)30-64(38)50(70)46(51(3,4)5)62-43(68)16-22-71-24-26-73-27-25-72-23-19-56-41(66)14-15-42(67)60-37-8-7-9-39(44(37)53)75-49-47(54)61-40(29-57-49)63-20-17-52(6,55)18-21-63/h7-13,29,31-32,36,38,46,65H,14-28,30,55H2,1-6H3,(H2,54,61)(H,56,66)(H,59,69)(H,60,67)(H,62,68). The second-order valence-electron chi connectivity index (χ2n) is 20.1. The molecule has 4 unspecified atom stereocenters. The minimum absolute atomic E-state index is 0.00917. The number of nitrogens with zero attached hydrogens (tertiary/aromatic N) is 5. The quantitative estimate of drug-likeness (QED) is 0.0417. The molecule has 2 aromatic heterocycles. The van der Waals surface area contributed by atoms with Crippen molar-refractivity contribution in [1.82, 2.24) is 35.8 Å². The van der Waals surface area contributed by atoms with Crippen LogP contribution in [0.2, 0.25) is 5.02 Å². The molecule has 0 aliphatic carbocycles. The highest BCUT2D eigenvalue weighted by Gasteiger charge is 2.44. The van der Waals surface area contributed by atoms with Crippen molar-refractivity contribution in [1.29, 1.82) is 0 Å². The summed E-state index contributed by atoms with van der Waals surface area (Å²) >= 11 is 9.47. The Morgan fingerprint density at radius 1 is 0.920 bits per heavy atom. The SMILES string of the molecule is Cc1ncsc1-c1ccc(C(C)NC(=O)C2CC(O)CN2C(=O)C(NC(=O)CCOCCOCCOCCNC(=O)CCC(=O)Nc2cccc(Sc3ncc(N4CCC(C)(N)CC4)nc3N)c2Cl)C(C)(C)C)cc1. The van der Waals surface area contributed by atoms with Crippen LogP contribution in [0.3, 0.4) is 0 Å². The minimum Gasteiger partial charge on any atom is -0.391 e. The number of carbonyl (C=O) groups is 5. The molecular weight excluding hydrogens is 1020 g/mol. The van der Waals surface area contributed by atoms with Gasteiger partial charge in [-0.15, -0.1) is 11.3 Å². The van der Waals surface area contributed by atoms with Crippen molar-refractivity contribution in [3.63, 3.8) is 0 Å². The van der Waals surface area contributed by atoms with Gasteiger partial charge in [0.2, 0.25) is 29.5 Å². The van der Waals surface area contributed by atoms with Crippen molar-refractivity contribution in [2.24, 2.45) is 11.1 Å². The van der Waals surface area contributed by atoms with Gasteiger partial charge in [-0.1, -0.05) is 74.5 Å². The minimum atomic E-state index is -0.961. The number of nitrogen functional groups attached to an aromatic ring is 1. The number of ether oxygens (including phenoxy) is 3. The molecule has 5 amide bonds. The van der Waals surface area contributed by atoms with E-state index in [-0.39, 0.29) is 114 Å². The Morgan fingerprint density at radius 2 is 1.59 bits per heavy atom. The van der Waals surface area contributed by atoms with Crippen LogP contribution in [0.25, 0.3) is 10.4 Å². The van der Waals surface area contributed by atoms with E-state index in [4.69, 9.17) is 37.3 Å². The third-order valence-corrected chi connectivity index (χ3v) is 15.4. The van der Waals surface area contributed by atoms with Crippen molar-refractivity contribution in [2.75, 3.05) is 81.8 Å². The molecular formula is C52H72ClN11O9S2. The molecule has 2 aliphatic rings. The molecule has 2 aromatic carbocycles. The van der Waals surface area contributed by atoms with Gasteiger partial charge in [0.05, 0.1) is 84.8 Å². The van der Waals surface area contributed by atoms with Crippen molar-refractivity contribution >= 4 is 81.6 Å². The summed E-state index contributed by atoms with van der Waals surface area (Å²) in [4.78, 5) is 84.5. The van der Waals surface area contributed by atoms with Crippen LogP contribution in [0.1, 0.15) is 90.4 Å². The lowest BCUT2D eigenvalue weighted by Crippen LogP contribution is -2.58. The number of thiazole rings is 1. The lowest BCUT2D eigenvalue weighted by atomic mass is 9.85. The number of nitrogens with one attached hydrogen (secondary N) is 4. The van der Waals surface area contributed by atoms with E-state index in [9.17, 15) is 29.1 Å². The molecule has 23 heteroatoms. The Bertz CT molecular complexity index is 2570. The van der Waals surface area contributed by atoms with Crippen molar-refractivity contribution in [3.05, 3.63) is 70.5 Å². The molecule has 2 aliphatic heterocycles. The lowest BCUT2D eigenvalue weighted by molar-refractivity contribution is -0.144. The summed E-state index contributed by atoms with van der Waals surface area (Å²) < 4.78 is 16.7. The largest absolute Gasteiger partial charge is 0.391 e. The summed E-state index contributed by atoms with van der Waals surface area (Å²) in [6, 6.07) is 10.9. The number of likely N-dealkylation sites (tertiary alicyclic amines) is 1. The van der Waals surface area contributed by atoms with Crippen LogP contribution in [0, 0.1) is 12.3 Å². The molecule has 6 rings (SSSR count). The molecule has 75 heavy (non-hydrogen) atoms. The second kappa shape index (κ2) is 27.5. The molecule has 4 heterocycles. The number of aryl methyl sites for hydroxylation is 1. The number of aliphatic hydroxyl groups is 1. The Morgan fingerprint density at radius 3 is 2.24 bits per heavy atom. The molecule has 0 saturated carbocycles. The first-order valence-corrected chi connectivity index (χ1v) is 27.3. The van der Waals surface area contributed by atoms with Gasteiger partial charge in [-0.3, -0.25) is 24.0 Å². The zero-order valence-electron chi connectivity index (χ0n) is 43.6. The first kappa shape index (κ1) is 58.8. The number of anilines is 3. The zero-order valence-corrected chi connectivity index (χ0v) is 46.0. The van der Waals surface area contributed by atoms with Crippen molar-refractivity contribution in [2.45, 2.75) is 120 Å². The summed E-state index contributed by atoms with van der Waals surface area (Å²) in [5.41, 5.74) is 16.7. The second-order valence-corrected chi connectivity index (χ2v) is 22.4. The fourth-order valence-corrected chi connectivity index (χ4v) is 10.3. The predicted molar refractivity (Wildman–Crippen MR) is 290 cm³/mol. The number of carbonyl (C=O) groups excluding carboxylic acids is 5. The zero-order chi connectivity index (χ0) is 54.3. The summed E-state index contributed by atoms with van der Waals surface area (Å²) in [5.74, 6) is -0.942. The fraction of sp³-hybridized carbons (Fsp3) is 0.538. The van der Waals surface area contributed by atoms with E-state index in [1.807, 2.05) is 71.3 Å². The van der Waals surface area contributed by atoms with E-state index in [2.05, 4.69) is 41.1 Å².